The molecule has 2 atom stereocenters. The molecule has 0 saturated carbocycles. The molecule has 0 aliphatic carbocycles. The van der Waals surface area contributed by atoms with E-state index in [9.17, 15) is 19.8 Å². The summed E-state index contributed by atoms with van der Waals surface area (Å²) in [6.45, 7) is 0. The van der Waals surface area contributed by atoms with Crippen molar-refractivity contribution in [3.63, 3.8) is 0 Å². The minimum Gasteiger partial charge on any atom is -0.469 e. The van der Waals surface area contributed by atoms with Crippen LogP contribution >= 0.6 is 0 Å². The average Bonchev–Trinajstić information content (AvgIpc) is 2.45. The number of hydrogen-bond acceptors (Lipinski definition) is 7. The van der Waals surface area contributed by atoms with E-state index in [2.05, 4.69) is 14.5 Å². The summed E-state index contributed by atoms with van der Waals surface area (Å²) in [5.74, 6) is -1.34. The van der Waals surface area contributed by atoms with E-state index in [0.29, 0.717) is 0 Å². The summed E-state index contributed by atoms with van der Waals surface area (Å²) in [6.07, 6.45) is -0.651. The van der Waals surface area contributed by atoms with E-state index in [1.807, 2.05) is 0 Å². The second-order valence-corrected chi connectivity index (χ2v) is 3.75. The van der Waals surface area contributed by atoms with Crippen molar-refractivity contribution in [1.82, 2.24) is 4.98 Å². The van der Waals surface area contributed by atoms with Gasteiger partial charge in [-0.15, -0.1) is 0 Å². The van der Waals surface area contributed by atoms with Crippen LogP contribution in [0.25, 0.3) is 0 Å². The molecule has 0 bridgehead atoms. The fraction of sp³-hybridized carbons (Fsp3) is 0.417. The van der Waals surface area contributed by atoms with Crippen LogP contribution in [0.2, 0.25) is 0 Å². The first-order valence-corrected chi connectivity index (χ1v) is 5.46. The van der Waals surface area contributed by atoms with Crippen LogP contribution in [-0.2, 0) is 14.3 Å². The number of carbonyl (C=O) groups excluding carboxylic acids is 2. The molecule has 1 heterocycles. The predicted octanol–water partition coefficient (Wildman–Crippen LogP) is -0.174. The third-order valence-corrected chi connectivity index (χ3v) is 2.54. The number of aromatic nitrogens is 1. The summed E-state index contributed by atoms with van der Waals surface area (Å²) in [7, 11) is 2.37. The summed E-state index contributed by atoms with van der Waals surface area (Å²) in [4.78, 5) is 26.3. The van der Waals surface area contributed by atoms with E-state index in [1.165, 1.54) is 32.7 Å². The third-order valence-electron chi connectivity index (χ3n) is 2.54. The van der Waals surface area contributed by atoms with Gasteiger partial charge >= 0.3 is 11.9 Å². The SMILES string of the molecule is COC(=O)CC(O)C(O)c1cnccc1C(=O)OC. The molecule has 0 amide bonds. The molecular weight excluding hydrogens is 254 g/mol. The van der Waals surface area contributed by atoms with E-state index in [1.54, 1.807) is 0 Å². The van der Waals surface area contributed by atoms with Gasteiger partial charge in [0.1, 0.15) is 6.10 Å². The minimum absolute atomic E-state index is 0.0777. The number of methoxy groups -OCH3 is 2. The number of carbonyl (C=O) groups is 2. The molecule has 0 radical (unpaired) electrons. The Morgan fingerprint density at radius 1 is 1.32 bits per heavy atom. The zero-order chi connectivity index (χ0) is 14.4. The van der Waals surface area contributed by atoms with Gasteiger partial charge in [0.25, 0.3) is 0 Å². The number of hydrogen-bond donors (Lipinski definition) is 2. The van der Waals surface area contributed by atoms with Crippen LogP contribution < -0.4 is 0 Å². The molecule has 0 saturated heterocycles. The Morgan fingerprint density at radius 3 is 2.58 bits per heavy atom. The van der Waals surface area contributed by atoms with Gasteiger partial charge in [-0.1, -0.05) is 0 Å². The maximum absolute atomic E-state index is 11.5. The first kappa shape index (κ1) is 15.1. The predicted molar refractivity (Wildman–Crippen MR) is 63.2 cm³/mol. The number of ether oxygens (including phenoxy) is 2. The highest BCUT2D eigenvalue weighted by Gasteiger charge is 2.26. The third kappa shape index (κ3) is 3.73. The van der Waals surface area contributed by atoms with Gasteiger partial charge in [-0.2, -0.15) is 0 Å². The number of pyridine rings is 1. The van der Waals surface area contributed by atoms with Gasteiger partial charge in [-0.3, -0.25) is 9.78 Å². The molecule has 1 rings (SSSR count). The van der Waals surface area contributed by atoms with Crippen LogP contribution in [0.5, 0.6) is 0 Å². The molecule has 7 nitrogen and oxygen atoms in total. The van der Waals surface area contributed by atoms with Crippen molar-refractivity contribution in [3.8, 4) is 0 Å². The van der Waals surface area contributed by atoms with E-state index >= 15 is 0 Å². The van der Waals surface area contributed by atoms with E-state index in [-0.39, 0.29) is 11.1 Å². The fourth-order valence-electron chi connectivity index (χ4n) is 1.51. The zero-order valence-corrected chi connectivity index (χ0v) is 10.6. The minimum atomic E-state index is -1.44. The van der Waals surface area contributed by atoms with Gasteiger partial charge in [-0.25, -0.2) is 4.79 Å². The molecule has 104 valence electrons. The Labute approximate surface area is 109 Å². The highest BCUT2D eigenvalue weighted by Crippen LogP contribution is 2.22. The monoisotopic (exact) mass is 269 g/mol. The Balaban J connectivity index is 2.95. The smallest absolute Gasteiger partial charge is 0.338 e. The number of aliphatic hydroxyl groups excluding tert-OH is 2. The summed E-state index contributed by atoms with van der Waals surface area (Å²) in [6, 6.07) is 1.36. The van der Waals surface area contributed by atoms with Gasteiger partial charge in [0, 0.05) is 18.0 Å². The van der Waals surface area contributed by atoms with Crippen molar-refractivity contribution in [1.29, 1.82) is 0 Å². The van der Waals surface area contributed by atoms with Crippen LogP contribution in [0.3, 0.4) is 0 Å². The van der Waals surface area contributed by atoms with Gasteiger partial charge in [0.05, 0.1) is 32.3 Å². The number of nitrogens with zero attached hydrogens (tertiary/aromatic N) is 1. The van der Waals surface area contributed by atoms with Gasteiger partial charge in [0.2, 0.25) is 0 Å². The second-order valence-electron chi connectivity index (χ2n) is 3.75. The molecule has 0 aliphatic rings. The zero-order valence-electron chi connectivity index (χ0n) is 10.6. The molecule has 0 fully saturated rings. The summed E-state index contributed by atoms with van der Waals surface area (Å²) < 4.78 is 8.95. The van der Waals surface area contributed by atoms with Gasteiger partial charge in [0.15, 0.2) is 0 Å². The Morgan fingerprint density at radius 2 is 2.00 bits per heavy atom. The lowest BCUT2D eigenvalue weighted by molar-refractivity contribution is -0.144. The molecule has 2 unspecified atom stereocenters. The molecule has 0 aliphatic heterocycles. The lowest BCUT2D eigenvalue weighted by Gasteiger charge is -2.18. The number of esters is 2. The van der Waals surface area contributed by atoms with Crippen molar-refractivity contribution in [2.75, 3.05) is 14.2 Å². The van der Waals surface area contributed by atoms with Gasteiger partial charge in [-0.05, 0) is 6.07 Å². The maximum Gasteiger partial charge on any atom is 0.338 e. The molecule has 1 aromatic heterocycles. The largest absolute Gasteiger partial charge is 0.469 e. The van der Waals surface area contributed by atoms with Crippen LogP contribution in [0.4, 0.5) is 0 Å². The lowest BCUT2D eigenvalue weighted by atomic mass is 9.99. The van der Waals surface area contributed by atoms with Gasteiger partial charge < -0.3 is 19.7 Å². The van der Waals surface area contributed by atoms with Crippen LogP contribution in [0.15, 0.2) is 18.5 Å². The Bertz CT molecular complexity index is 461. The van der Waals surface area contributed by atoms with E-state index < -0.39 is 30.6 Å². The first-order chi connectivity index (χ1) is 9.01. The van der Waals surface area contributed by atoms with Crippen LogP contribution in [-0.4, -0.2) is 47.5 Å². The molecule has 1 aromatic rings. The van der Waals surface area contributed by atoms with Crippen molar-refractivity contribution >= 4 is 11.9 Å². The number of aliphatic hydroxyl groups is 2. The fourth-order valence-corrected chi connectivity index (χ4v) is 1.51. The van der Waals surface area contributed by atoms with Crippen LogP contribution in [0.1, 0.15) is 28.4 Å². The highest BCUT2D eigenvalue weighted by atomic mass is 16.5. The molecule has 0 spiro atoms. The van der Waals surface area contributed by atoms with Crippen molar-refractivity contribution in [2.45, 2.75) is 18.6 Å². The quantitative estimate of drug-likeness (QED) is 0.714. The Hall–Kier alpha value is -1.99. The standard InChI is InChI=1S/C12H15NO6/c1-18-10(15)5-9(14)11(16)8-6-13-4-3-7(8)12(17)19-2/h3-4,6,9,11,14,16H,5H2,1-2H3. The maximum atomic E-state index is 11.5. The summed E-state index contributed by atoms with van der Waals surface area (Å²) in [5.41, 5.74) is 0.166. The molecule has 2 N–H and O–H groups in total. The normalized spacial score (nSPS) is 13.5. The van der Waals surface area contributed by atoms with Crippen molar-refractivity contribution < 1.29 is 29.3 Å². The van der Waals surface area contributed by atoms with E-state index in [4.69, 9.17) is 0 Å². The average molecular weight is 269 g/mol. The highest BCUT2D eigenvalue weighted by molar-refractivity contribution is 5.91. The molecular formula is C12H15NO6. The molecule has 19 heavy (non-hydrogen) atoms. The molecule has 0 aromatic carbocycles. The van der Waals surface area contributed by atoms with Crippen LogP contribution in [0, 0.1) is 0 Å². The number of rotatable bonds is 5. The second kappa shape index (κ2) is 6.81. The topological polar surface area (TPSA) is 106 Å². The molecule has 7 heteroatoms. The lowest BCUT2D eigenvalue weighted by Crippen LogP contribution is -2.24. The summed E-state index contributed by atoms with van der Waals surface area (Å²) in [5, 5.41) is 19.7. The Kier molecular flexibility index (Phi) is 5.40. The van der Waals surface area contributed by atoms with Crippen molar-refractivity contribution in [3.05, 3.63) is 29.6 Å². The first-order valence-electron chi connectivity index (χ1n) is 5.46. The van der Waals surface area contributed by atoms with E-state index in [0.717, 1.165) is 0 Å². The van der Waals surface area contributed by atoms with Crippen molar-refractivity contribution in [2.24, 2.45) is 0 Å². The summed E-state index contributed by atoms with van der Waals surface area (Å²) >= 11 is 0.